The maximum absolute atomic E-state index is 10.1. The smallest absolute Gasteiger partial charge is 0.123 e. The normalized spacial score (nSPS) is 16.6. The van der Waals surface area contributed by atoms with Crippen molar-refractivity contribution in [2.75, 3.05) is 32.8 Å². The van der Waals surface area contributed by atoms with Crippen LogP contribution in [0, 0.1) is 6.92 Å². The van der Waals surface area contributed by atoms with Gasteiger partial charge in [0.25, 0.3) is 0 Å². The van der Waals surface area contributed by atoms with E-state index in [1.807, 2.05) is 37.4 Å². The summed E-state index contributed by atoms with van der Waals surface area (Å²) in [6.45, 7) is 10.6. The van der Waals surface area contributed by atoms with E-state index >= 15 is 0 Å². The van der Waals surface area contributed by atoms with E-state index in [-0.39, 0.29) is 12.0 Å². The number of hydrogen-bond acceptors (Lipinski definition) is 5. The molecule has 0 spiro atoms. The van der Waals surface area contributed by atoms with Gasteiger partial charge in [-0.3, -0.25) is 9.88 Å². The van der Waals surface area contributed by atoms with Crippen molar-refractivity contribution in [3.63, 3.8) is 0 Å². The molecule has 1 aromatic heterocycles. The second-order valence-electron chi connectivity index (χ2n) is 7.20. The SMILES string of the molecule is Cc1cc(OCC(c2ccccn2)N2CCNCC2)c(C(C)C)cc1O. The number of nitrogens with one attached hydrogen (secondary N) is 1. The lowest BCUT2D eigenvalue weighted by molar-refractivity contribution is 0.117. The Hall–Kier alpha value is -2.11. The Morgan fingerprint density at radius 2 is 2.00 bits per heavy atom. The van der Waals surface area contributed by atoms with Gasteiger partial charge in [-0.15, -0.1) is 0 Å². The van der Waals surface area contributed by atoms with Crippen molar-refractivity contribution in [1.29, 1.82) is 0 Å². The number of aromatic nitrogens is 1. The van der Waals surface area contributed by atoms with Crippen molar-refractivity contribution in [1.82, 2.24) is 15.2 Å². The number of piperazine rings is 1. The Morgan fingerprint density at radius 3 is 2.65 bits per heavy atom. The molecule has 0 bridgehead atoms. The van der Waals surface area contributed by atoms with Gasteiger partial charge in [0.2, 0.25) is 0 Å². The number of aromatic hydroxyl groups is 1. The third kappa shape index (κ3) is 4.34. The molecular weight excluding hydrogens is 326 g/mol. The van der Waals surface area contributed by atoms with Crippen LogP contribution in [0.5, 0.6) is 11.5 Å². The molecule has 3 rings (SSSR count). The van der Waals surface area contributed by atoms with E-state index in [1.54, 1.807) is 0 Å². The maximum atomic E-state index is 10.1. The Labute approximate surface area is 156 Å². The Kier molecular flexibility index (Phi) is 6.12. The molecule has 5 heteroatoms. The summed E-state index contributed by atoms with van der Waals surface area (Å²) in [5, 5.41) is 13.5. The standard InChI is InChI=1S/C21H29N3O2/c1-15(2)17-13-20(25)16(3)12-21(17)26-14-19(18-6-4-5-7-23-18)24-10-8-22-9-11-24/h4-7,12-13,15,19,22,25H,8-11,14H2,1-3H3. The van der Waals surface area contributed by atoms with Crippen LogP contribution in [0.15, 0.2) is 36.5 Å². The molecule has 1 aliphatic heterocycles. The number of phenolic OH excluding ortho intramolecular Hbond substituents is 1. The highest BCUT2D eigenvalue weighted by atomic mass is 16.5. The monoisotopic (exact) mass is 355 g/mol. The average Bonchev–Trinajstić information content (AvgIpc) is 2.66. The molecule has 1 unspecified atom stereocenters. The molecule has 2 aromatic rings. The largest absolute Gasteiger partial charge is 0.508 e. The fraction of sp³-hybridized carbons (Fsp3) is 0.476. The Balaban J connectivity index is 1.83. The first kappa shape index (κ1) is 18.7. The quantitative estimate of drug-likeness (QED) is 0.833. The summed E-state index contributed by atoms with van der Waals surface area (Å²) in [6.07, 6.45) is 1.84. The summed E-state index contributed by atoms with van der Waals surface area (Å²) in [4.78, 5) is 7.01. The van der Waals surface area contributed by atoms with Gasteiger partial charge in [0, 0.05) is 37.9 Å². The highest BCUT2D eigenvalue weighted by Gasteiger charge is 2.24. The van der Waals surface area contributed by atoms with E-state index < -0.39 is 0 Å². The molecule has 1 saturated heterocycles. The molecule has 2 heterocycles. The van der Waals surface area contributed by atoms with Crippen molar-refractivity contribution >= 4 is 0 Å². The number of ether oxygens (including phenoxy) is 1. The number of phenols is 1. The fourth-order valence-electron chi connectivity index (χ4n) is 3.38. The molecule has 0 aliphatic carbocycles. The average molecular weight is 355 g/mol. The Morgan fingerprint density at radius 1 is 1.23 bits per heavy atom. The minimum absolute atomic E-state index is 0.118. The van der Waals surface area contributed by atoms with Crippen LogP contribution in [0.4, 0.5) is 0 Å². The predicted molar refractivity (Wildman–Crippen MR) is 104 cm³/mol. The van der Waals surface area contributed by atoms with Crippen LogP contribution in [-0.2, 0) is 0 Å². The lowest BCUT2D eigenvalue weighted by Crippen LogP contribution is -2.46. The summed E-state index contributed by atoms with van der Waals surface area (Å²) >= 11 is 0. The first-order chi connectivity index (χ1) is 12.6. The molecule has 0 saturated carbocycles. The first-order valence-electron chi connectivity index (χ1n) is 9.38. The summed E-state index contributed by atoms with van der Waals surface area (Å²) < 4.78 is 6.29. The zero-order chi connectivity index (χ0) is 18.5. The highest BCUT2D eigenvalue weighted by Crippen LogP contribution is 2.33. The van der Waals surface area contributed by atoms with Gasteiger partial charge in [-0.2, -0.15) is 0 Å². The number of rotatable bonds is 6. The zero-order valence-corrected chi connectivity index (χ0v) is 15.9. The summed E-state index contributed by atoms with van der Waals surface area (Å²) in [5.74, 6) is 1.46. The number of aryl methyl sites for hydroxylation is 1. The third-order valence-corrected chi connectivity index (χ3v) is 4.97. The molecule has 0 radical (unpaired) electrons. The molecule has 26 heavy (non-hydrogen) atoms. The van der Waals surface area contributed by atoms with Gasteiger partial charge in [-0.05, 0) is 42.7 Å². The second kappa shape index (κ2) is 8.52. The van der Waals surface area contributed by atoms with Crippen LogP contribution in [0.3, 0.4) is 0 Å². The van der Waals surface area contributed by atoms with Gasteiger partial charge in [-0.1, -0.05) is 19.9 Å². The second-order valence-corrected chi connectivity index (χ2v) is 7.20. The Bertz CT molecular complexity index is 713. The third-order valence-electron chi connectivity index (χ3n) is 4.97. The van der Waals surface area contributed by atoms with Gasteiger partial charge >= 0.3 is 0 Å². The van der Waals surface area contributed by atoms with Crippen LogP contribution < -0.4 is 10.1 Å². The van der Waals surface area contributed by atoms with Gasteiger partial charge in [0.15, 0.2) is 0 Å². The highest BCUT2D eigenvalue weighted by molar-refractivity contribution is 5.46. The van der Waals surface area contributed by atoms with Crippen molar-refractivity contribution in [2.24, 2.45) is 0 Å². The summed E-state index contributed by atoms with van der Waals surface area (Å²) in [5.41, 5.74) is 2.91. The molecule has 5 nitrogen and oxygen atoms in total. The van der Waals surface area contributed by atoms with Crippen LogP contribution in [0.2, 0.25) is 0 Å². The lowest BCUT2D eigenvalue weighted by atomic mass is 10.00. The predicted octanol–water partition coefficient (Wildman–Crippen LogP) is 3.24. The molecular formula is C21H29N3O2. The maximum Gasteiger partial charge on any atom is 0.123 e. The molecule has 1 fully saturated rings. The fourth-order valence-corrected chi connectivity index (χ4v) is 3.38. The number of benzene rings is 1. The van der Waals surface area contributed by atoms with E-state index in [0.717, 1.165) is 48.7 Å². The van der Waals surface area contributed by atoms with Crippen LogP contribution in [0.25, 0.3) is 0 Å². The van der Waals surface area contributed by atoms with Gasteiger partial charge < -0.3 is 15.2 Å². The minimum Gasteiger partial charge on any atom is -0.508 e. The van der Waals surface area contributed by atoms with E-state index in [4.69, 9.17) is 4.74 Å². The van der Waals surface area contributed by atoms with Crippen molar-refractivity contribution in [3.8, 4) is 11.5 Å². The van der Waals surface area contributed by atoms with E-state index in [0.29, 0.717) is 12.4 Å². The molecule has 140 valence electrons. The summed E-state index contributed by atoms with van der Waals surface area (Å²) in [6, 6.07) is 9.93. The number of pyridine rings is 1. The van der Waals surface area contributed by atoms with Crippen LogP contribution in [0.1, 0.15) is 42.6 Å². The van der Waals surface area contributed by atoms with Crippen molar-refractivity contribution in [2.45, 2.75) is 32.7 Å². The van der Waals surface area contributed by atoms with E-state index in [9.17, 15) is 5.11 Å². The number of nitrogens with zero attached hydrogens (tertiary/aromatic N) is 2. The van der Waals surface area contributed by atoms with Crippen LogP contribution in [-0.4, -0.2) is 47.8 Å². The van der Waals surface area contributed by atoms with Crippen molar-refractivity contribution < 1.29 is 9.84 Å². The molecule has 1 aliphatic rings. The summed E-state index contributed by atoms with van der Waals surface area (Å²) in [7, 11) is 0. The van der Waals surface area contributed by atoms with E-state index in [2.05, 4.69) is 35.1 Å². The minimum atomic E-state index is 0.118. The van der Waals surface area contributed by atoms with Gasteiger partial charge in [-0.25, -0.2) is 0 Å². The van der Waals surface area contributed by atoms with Gasteiger partial charge in [0.1, 0.15) is 18.1 Å². The topological polar surface area (TPSA) is 57.6 Å². The molecule has 2 N–H and O–H groups in total. The molecule has 1 aromatic carbocycles. The van der Waals surface area contributed by atoms with Crippen LogP contribution >= 0.6 is 0 Å². The van der Waals surface area contributed by atoms with E-state index in [1.165, 1.54) is 0 Å². The molecule has 1 atom stereocenters. The van der Waals surface area contributed by atoms with Gasteiger partial charge in [0.05, 0.1) is 11.7 Å². The first-order valence-corrected chi connectivity index (χ1v) is 9.38. The zero-order valence-electron chi connectivity index (χ0n) is 15.9. The number of hydrogen-bond donors (Lipinski definition) is 2. The molecule has 0 amide bonds. The van der Waals surface area contributed by atoms with Crippen molar-refractivity contribution in [3.05, 3.63) is 53.3 Å². The lowest BCUT2D eigenvalue weighted by Gasteiger charge is -2.34.